The second-order valence-electron chi connectivity index (χ2n) is 7.48. The fourth-order valence-corrected chi connectivity index (χ4v) is 4.10. The molecule has 1 aromatic heterocycles. The van der Waals surface area contributed by atoms with Gasteiger partial charge in [-0.1, -0.05) is 35.5 Å². The lowest BCUT2D eigenvalue weighted by Crippen LogP contribution is -2.07. The molecule has 0 aliphatic heterocycles. The molecule has 136 valence electrons. The van der Waals surface area contributed by atoms with Gasteiger partial charge in [0.2, 0.25) is 0 Å². The average Bonchev–Trinajstić information content (AvgIpc) is 3.20. The van der Waals surface area contributed by atoms with E-state index in [4.69, 9.17) is 0 Å². The van der Waals surface area contributed by atoms with Gasteiger partial charge < -0.3 is 0 Å². The summed E-state index contributed by atoms with van der Waals surface area (Å²) in [5.41, 5.74) is 11.5. The molecule has 4 aromatic rings. The SMILES string of the molecule is Cc1cc(-c2c(C)c(C)c(C)c(C)c2-n2ccnn2)c2ccccc2c1C. The summed E-state index contributed by atoms with van der Waals surface area (Å²) >= 11 is 0. The number of hydrogen-bond donors (Lipinski definition) is 0. The fraction of sp³-hybridized carbons (Fsp3) is 0.250. The predicted octanol–water partition coefficient (Wildman–Crippen LogP) is 5.94. The molecular weight excluding hydrogens is 330 g/mol. The zero-order valence-electron chi connectivity index (χ0n) is 16.9. The largest absolute Gasteiger partial charge is 0.220 e. The summed E-state index contributed by atoms with van der Waals surface area (Å²) < 4.78 is 1.91. The molecule has 0 aliphatic rings. The summed E-state index contributed by atoms with van der Waals surface area (Å²) in [4.78, 5) is 0. The van der Waals surface area contributed by atoms with E-state index in [1.54, 1.807) is 6.20 Å². The van der Waals surface area contributed by atoms with Crippen molar-refractivity contribution in [1.82, 2.24) is 15.0 Å². The topological polar surface area (TPSA) is 30.7 Å². The molecule has 0 fully saturated rings. The van der Waals surface area contributed by atoms with Crippen molar-refractivity contribution in [2.75, 3.05) is 0 Å². The minimum Gasteiger partial charge on any atom is -0.220 e. The second-order valence-corrected chi connectivity index (χ2v) is 7.48. The molecule has 0 saturated carbocycles. The van der Waals surface area contributed by atoms with Crippen LogP contribution in [0, 0.1) is 41.5 Å². The molecule has 0 unspecified atom stereocenters. The summed E-state index contributed by atoms with van der Waals surface area (Å²) in [5.74, 6) is 0. The van der Waals surface area contributed by atoms with Crippen LogP contribution in [0.3, 0.4) is 0 Å². The minimum atomic E-state index is 1.13. The van der Waals surface area contributed by atoms with E-state index in [9.17, 15) is 0 Å². The third-order valence-electron chi connectivity index (χ3n) is 6.15. The highest BCUT2D eigenvalue weighted by molar-refractivity contribution is 6.02. The second kappa shape index (κ2) is 6.34. The van der Waals surface area contributed by atoms with Crippen LogP contribution in [-0.4, -0.2) is 15.0 Å². The molecule has 0 amide bonds. The zero-order chi connectivity index (χ0) is 19.3. The Morgan fingerprint density at radius 1 is 0.741 bits per heavy atom. The van der Waals surface area contributed by atoms with Crippen LogP contribution < -0.4 is 0 Å². The van der Waals surface area contributed by atoms with Crippen molar-refractivity contribution in [3.05, 3.63) is 76.1 Å². The van der Waals surface area contributed by atoms with E-state index in [1.165, 1.54) is 55.3 Å². The number of fused-ring (bicyclic) bond motifs is 1. The van der Waals surface area contributed by atoms with Crippen molar-refractivity contribution in [2.24, 2.45) is 0 Å². The van der Waals surface area contributed by atoms with Crippen molar-refractivity contribution < 1.29 is 0 Å². The lowest BCUT2D eigenvalue weighted by atomic mass is 9.85. The molecule has 3 nitrogen and oxygen atoms in total. The first-order valence-electron chi connectivity index (χ1n) is 9.38. The molecule has 0 spiro atoms. The Morgan fingerprint density at radius 3 is 2.07 bits per heavy atom. The molecule has 1 heterocycles. The van der Waals surface area contributed by atoms with Gasteiger partial charge in [0.1, 0.15) is 0 Å². The number of aryl methyl sites for hydroxylation is 2. The first-order valence-corrected chi connectivity index (χ1v) is 9.38. The highest BCUT2D eigenvalue weighted by Crippen LogP contribution is 2.41. The van der Waals surface area contributed by atoms with Crippen LogP contribution in [0.15, 0.2) is 42.7 Å². The van der Waals surface area contributed by atoms with Crippen LogP contribution in [0.5, 0.6) is 0 Å². The molecule has 0 bridgehead atoms. The van der Waals surface area contributed by atoms with Crippen molar-refractivity contribution in [2.45, 2.75) is 41.5 Å². The Balaban J connectivity index is 2.22. The van der Waals surface area contributed by atoms with Crippen LogP contribution >= 0.6 is 0 Å². The molecule has 0 aliphatic carbocycles. The number of rotatable bonds is 2. The van der Waals surface area contributed by atoms with Crippen LogP contribution in [0.1, 0.15) is 33.4 Å². The lowest BCUT2D eigenvalue weighted by Gasteiger charge is -2.22. The highest BCUT2D eigenvalue weighted by Gasteiger charge is 2.21. The van der Waals surface area contributed by atoms with E-state index < -0.39 is 0 Å². The maximum atomic E-state index is 4.33. The van der Waals surface area contributed by atoms with E-state index in [0.717, 1.165) is 5.69 Å². The van der Waals surface area contributed by atoms with Gasteiger partial charge in [-0.3, -0.25) is 0 Å². The fourth-order valence-electron chi connectivity index (χ4n) is 4.10. The summed E-state index contributed by atoms with van der Waals surface area (Å²) in [6, 6.07) is 11.0. The normalized spacial score (nSPS) is 11.3. The Bertz CT molecular complexity index is 1170. The van der Waals surface area contributed by atoms with E-state index in [1.807, 2.05) is 10.9 Å². The van der Waals surface area contributed by atoms with Crippen molar-refractivity contribution in [3.63, 3.8) is 0 Å². The number of hydrogen-bond acceptors (Lipinski definition) is 2. The third kappa shape index (κ3) is 2.57. The summed E-state index contributed by atoms with van der Waals surface area (Å²) in [6.45, 7) is 13.2. The van der Waals surface area contributed by atoms with Crippen LogP contribution in [0.2, 0.25) is 0 Å². The quantitative estimate of drug-likeness (QED) is 0.445. The summed E-state index contributed by atoms with van der Waals surface area (Å²) in [5, 5.41) is 11.0. The summed E-state index contributed by atoms with van der Waals surface area (Å²) in [6.07, 6.45) is 3.68. The van der Waals surface area contributed by atoms with E-state index in [0.29, 0.717) is 0 Å². The number of aromatic nitrogens is 3. The Labute approximate surface area is 160 Å². The molecule has 3 heteroatoms. The first kappa shape index (κ1) is 17.5. The monoisotopic (exact) mass is 355 g/mol. The first-order chi connectivity index (χ1) is 12.9. The maximum absolute atomic E-state index is 4.33. The van der Waals surface area contributed by atoms with Gasteiger partial charge in [-0.2, -0.15) is 0 Å². The van der Waals surface area contributed by atoms with Crippen molar-refractivity contribution in [1.29, 1.82) is 0 Å². The van der Waals surface area contributed by atoms with Gasteiger partial charge in [-0.25, -0.2) is 4.68 Å². The third-order valence-corrected chi connectivity index (χ3v) is 6.15. The molecule has 0 radical (unpaired) electrons. The lowest BCUT2D eigenvalue weighted by molar-refractivity contribution is 0.797. The summed E-state index contributed by atoms with van der Waals surface area (Å²) in [7, 11) is 0. The van der Waals surface area contributed by atoms with Gasteiger partial charge in [-0.15, -0.1) is 5.10 Å². The van der Waals surface area contributed by atoms with Crippen LogP contribution in [0.4, 0.5) is 0 Å². The van der Waals surface area contributed by atoms with E-state index in [2.05, 4.69) is 82.2 Å². The van der Waals surface area contributed by atoms with E-state index in [-0.39, 0.29) is 0 Å². The maximum Gasteiger partial charge on any atom is 0.0776 e. The van der Waals surface area contributed by atoms with Crippen LogP contribution in [-0.2, 0) is 0 Å². The Morgan fingerprint density at radius 2 is 1.41 bits per heavy atom. The van der Waals surface area contributed by atoms with Crippen molar-refractivity contribution >= 4 is 10.8 Å². The molecule has 0 N–H and O–H groups in total. The van der Waals surface area contributed by atoms with E-state index >= 15 is 0 Å². The Hall–Kier alpha value is -2.94. The zero-order valence-corrected chi connectivity index (χ0v) is 16.9. The molecular formula is C24H25N3. The van der Waals surface area contributed by atoms with Crippen LogP contribution in [0.25, 0.3) is 27.6 Å². The number of nitrogens with zero attached hydrogens (tertiary/aromatic N) is 3. The number of benzene rings is 3. The molecule has 0 saturated heterocycles. The highest BCUT2D eigenvalue weighted by atomic mass is 15.4. The average molecular weight is 355 g/mol. The van der Waals surface area contributed by atoms with Gasteiger partial charge in [0, 0.05) is 5.56 Å². The van der Waals surface area contributed by atoms with Gasteiger partial charge >= 0.3 is 0 Å². The molecule has 4 rings (SSSR count). The van der Waals surface area contributed by atoms with Gasteiger partial charge in [0.05, 0.1) is 18.1 Å². The van der Waals surface area contributed by atoms with Gasteiger partial charge in [0.15, 0.2) is 0 Å². The van der Waals surface area contributed by atoms with Gasteiger partial charge in [0.25, 0.3) is 0 Å². The molecule has 3 aromatic carbocycles. The minimum absolute atomic E-state index is 1.13. The molecule has 27 heavy (non-hydrogen) atoms. The smallest absolute Gasteiger partial charge is 0.0776 e. The predicted molar refractivity (Wildman–Crippen MR) is 113 cm³/mol. The Kier molecular flexibility index (Phi) is 4.11. The van der Waals surface area contributed by atoms with Crippen molar-refractivity contribution in [3.8, 4) is 16.8 Å². The standard InChI is InChI=1S/C24H25N3/c1-14-13-22(21-10-8-7-9-20(21)15(14)2)23-18(5)16(3)17(4)19(6)24(23)27-12-11-25-26-27/h7-13H,1-6H3. The molecule has 0 atom stereocenters. The van der Waals surface area contributed by atoms with Gasteiger partial charge in [-0.05, 0) is 91.3 Å².